The van der Waals surface area contributed by atoms with Gasteiger partial charge < -0.3 is 10.2 Å². The number of rotatable bonds is 6. The number of carbonyl (C=O) groups is 2. The average molecular weight is 505 g/mol. The van der Waals surface area contributed by atoms with Gasteiger partial charge in [-0.05, 0) is 85.3 Å². The summed E-state index contributed by atoms with van der Waals surface area (Å²) in [7, 11) is 0. The number of piperidine rings is 1. The third-order valence-corrected chi connectivity index (χ3v) is 8.10. The van der Waals surface area contributed by atoms with Gasteiger partial charge in [-0.2, -0.15) is 0 Å². The van der Waals surface area contributed by atoms with E-state index in [1.807, 2.05) is 12.1 Å². The van der Waals surface area contributed by atoms with Crippen LogP contribution in [0.3, 0.4) is 0 Å². The molecule has 36 heavy (non-hydrogen) atoms. The molecule has 6 rings (SSSR count). The number of fused-ring (bicyclic) bond motifs is 3. The van der Waals surface area contributed by atoms with Crippen LogP contribution in [0.5, 0.6) is 0 Å². The van der Waals surface area contributed by atoms with E-state index in [2.05, 4.69) is 30.5 Å². The number of hydrogen-bond acceptors (Lipinski definition) is 8. The van der Waals surface area contributed by atoms with Crippen molar-refractivity contribution in [3.63, 3.8) is 0 Å². The van der Waals surface area contributed by atoms with Crippen molar-refractivity contribution < 1.29 is 14.0 Å². The van der Waals surface area contributed by atoms with Gasteiger partial charge >= 0.3 is 0 Å². The van der Waals surface area contributed by atoms with Gasteiger partial charge in [-0.1, -0.05) is 6.07 Å². The van der Waals surface area contributed by atoms with Crippen LogP contribution in [0.15, 0.2) is 47.5 Å². The van der Waals surface area contributed by atoms with E-state index in [1.54, 1.807) is 24.4 Å². The number of benzene rings is 1. The normalized spacial score (nSPS) is 24.6. The Balaban J connectivity index is 1.08. The lowest BCUT2D eigenvalue weighted by molar-refractivity contribution is -0.115. The van der Waals surface area contributed by atoms with E-state index < -0.39 is 0 Å². The number of nitrogens with zero attached hydrogens (tertiary/aromatic N) is 4. The van der Waals surface area contributed by atoms with Gasteiger partial charge in [0.15, 0.2) is 0 Å². The number of pyridine rings is 1. The van der Waals surface area contributed by atoms with Crippen LogP contribution in [-0.2, 0) is 11.3 Å². The number of thioether (sulfide) groups is 1. The maximum absolute atomic E-state index is 13.4. The minimum atomic E-state index is -0.385. The van der Waals surface area contributed by atoms with E-state index >= 15 is 0 Å². The molecule has 2 aromatic heterocycles. The Labute approximate surface area is 211 Å². The summed E-state index contributed by atoms with van der Waals surface area (Å²) in [5.41, 5.74) is 2.38. The van der Waals surface area contributed by atoms with Gasteiger partial charge in [-0.3, -0.25) is 19.9 Å². The van der Waals surface area contributed by atoms with Crippen molar-refractivity contribution in [3.05, 3.63) is 64.7 Å². The van der Waals surface area contributed by atoms with Gasteiger partial charge in [-0.15, -0.1) is 0 Å². The Morgan fingerprint density at radius 1 is 1.11 bits per heavy atom. The van der Waals surface area contributed by atoms with Crippen LogP contribution >= 0.6 is 11.8 Å². The fraction of sp³-hybridized carbons (Fsp3) is 0.346. The molecular weight excluding hydrogens is 479 g/mol. The number of anilines is 1. The van der Waals surface area contributed by atoms with Crippen LogP contribution in [0.1, 0.15) is 24.2 Å². The van der Waals surface area contributed by atoms with E-state index in [0.717, 1.165) is 48.0 Å². The second-order valence-corrected chi connectivity index (χ2v) is 10.6. The molecule has 0 radical (unpaired) electrons. The van der Waals surface area contributed by atoms with Gasteiger partial charge in [0.2, 0.25) is 5.95 Å². The molecule has 184 valence electrons. The third kappa shape index (κ3) is 4.70. The van der Waals surface area contributed by atoms with E-state index in [9.17, 15) is 14.0 Å². The lowest BCUT2D eigenvalue weighted by atomic mass is 9.85. The molecular formula is C26H25FN6O2S. The van der Waals surface area contributed by atoms with Gasteiger partial charge in [0.25, 0.3) is 11.1 Å². The molecule has 8 nitrogen and oxygen atoms in total. The molecule has 3 atom stereocenters. The van der Waals surface area contributed by atoms with Crippen LogP contribution in [0.4, 0.5) is 15.1 Å². The third-order valence-electron chi connectivity index (χ3n) is 7.29. The van der Waals surface area contributed by atoms with E-state index in [4.69, 9.17) is 0 Å². The van der Waals surface area contributed by atoms with E-state index in [0.29, 0.717) is 40.8 Å². The number of halogens is 1. The molecule has 2 saturated heterocycles. The van der Waals surface area contributed by atoms with Crippen LogP contribution < -0.4 is 15.5 Å². The predicted molar refractivity (Wildman–Crippen MR) is 136 cm³/mol. The first kappa shape index (κ1) is 23.1. The summed E-state index contributed by atoms with van der Waals surface area (Å²) in [5.74, 6) is 1.74. The molecule has 1 aliphatic carbocycles. The summed E-state index contributed by atoms with van der Waals surface area (Å²) in [6.07, 6.45) is 5.72. The lowest BCUT2D eigenvalue weighted by Gasteiger charge is -2.38. The quantitative estimate of drug-likeness (QED) is 0.490. The van der Waals surface area contributed by atoms with Crippen LogP contribution in [-0.4, -0.2) is 45.7 Å². The number of hydrogen-bond donors (Lipinski definition) is 2. The second-order valence-electron chi connectivity index (χ2n) is 9.57. The molecule has 2 aliphatic heterocycles. The predicted octanol–water partition coefficient (Wildman–Crippen LogP) is 3.74. The first-order valence-electron chi connectivity index (χ1n) is 12.1. The first-order valence-corrected chi connectivity index (χ1v) is 12.9. The molecule has 3 aromatic rings. The molecule has 0 spiro atoms. The molecule has 10 heteroatoms. The zero-order chi connectivity index (χ0) is 24.6. The zero-order valence-electron chi connectivity index (χ0n) is 19.5. The summed E-state index contributed by atoms with van der Waals surface area (Å²) in [5, 5.41) is 6.31. The van der Waals surface area contributed by atoms with Gasteiger partial charge in [0.05, 0.1) is 21.8 Å². The van der Waals surface area contributed by atoms with Crippen molar-refractivity contribution in [2.45, 2.75) is 19.4 Å². The van der Waals surface area contributed by atoms with Gasteiger partial charge in [-0.25, -0.2) is 14.4 Å². The highest BCUT2D eigenvalue weighted by Gasteiger charge is 2.42. The number of nitrogens with one attached hydrogen (secondary N) is 2. The van der Waals surface area contributed by atoms with Crippen molar-refractivity contribution in [3.8, 4) is 0 Å². The summed E-state index contributed by atoms with van der Waals surface area (Å²) in [4.78, 5) is 39.7. The van der Waals surface area contributed by atoms with Gasteiger partial charge in [0, 0.05) is 31.2 Å². The highest BCUT2D eigenvalue weighted by Crippen LogP contribution is 2.42. The van der Waals surface area contributed by atoms with Crippen LogP contribution in [0.25, 0.3) is 17.0 Å². The fourth-order valence-electron chi connectivity index (χ4n) is 5.59. The molecule has 3 fully saturated rings. The highest BCUT2D eigenvalue weighted by atomic mass is 32.2. The summed E-state index contributed by atoms with van der Waals surface area (Å²) in [6, 6.07) is 10.3. The van der Waals surface area contributed by atoms with Gasteiger partial charge in [0.1, 0.15) is 5.82 Å². The van der Waals surface area contributed by atoms with Crippen molar-refractivity contribution in [2.24, 2.45) is 17.8 Å². The number of carbonyl (C=O) groups excluding carboxylic acids is 2. The molecule has 2 bridgehead atoms. The Kier molecular flexibility index (Phi) is 6.14. The smallest absolute Gasteiger partial charge is 0.290 e. The summed E-state index contributed by atoms with van der Waals surface area (Å²) < 4.78 is 13.4. The number of amides is 2. The molecule has 1 saturated carbocycles. The maximum Gasteiger partial charge on any atom is 0.290 e. The van der Waals surface area contributed by atoms with E-state index in [-0.39, 0.29) is 17.0 Å². The van der Waals surface area contributed by atoms with Crippen LogP contribution in [0, 0.1) is 23.6 Å². The van der Waals surface area contributed by atoms with E-state index in [1.165, 1.54) is 25.0 Å². The average Bonchev–Trinajstić information content (AvgIpc) is 3.30. The largest absolute Gasteiger partial charge is 0.340 e. The van der Waals surface area contributed by atoms with Crippen molar-refractivity contribution in [1.29, 1.82) is 0 Å². The SMILES string of the molecule is O=C1NC(=O)/C(=C\c2ccnc(N3C[C@H]4CC[C@@H](C3)C4CNCc3ccc4cc(F)ccc4n3)n2)S1. The number of imide groups is 1. The molecule has 1 unspecified atom stereocenters. The lowest BCUT2D eigenvalue weighted by Crippen LogP contribution is -2.45. The van der Waals surface area contributed by atoms with Crippen molar-refractivity contribution in [1.82, 2.24) is 25.6 Å². The Hall–Kier alpha value is -3.37. The maximum atomic E-state index is 13.4. The van der Waals surface area contributed by atoms with Crippen LogP contribution in [0.2, 0.25) is 0 Å². The summed E-state index contributed by atoms with van der Waals surface area (Å²) in [6.45, 7) is 3.41. The number of aromatic nitrogens is 3. The second kappa shape index (κ2) is 9.59. The molecule has 2 amide bonds. The topological polar surface area (TPSA) is 100 Å². The summed E-state index contributed by atoms with van der Waals surface area (Å²) >= 11 is 0.889. The monoisotopic (exact) mass is 504 g/mol. The standard InChI is InChI=1S/C26H25FN6O2S/c27-18-4-6-22-15(9-18)3-5-20(30-22)11-28-12-21-16-1-2-17(21)14-33(13-16)25-29-8-7-19(31-25)10-23-24(34)32-26(35)36-23/h3-10,16-17,21,28H,1-2,11-14H2,(H,32,34,35)/b23-10+/t16-,17+,21?. The minimum absolute atomic E-state index is 0.247. The Morgan fingerprint density at radius 2 is 1.94 bits per heavy atom. The molecule has 4 heterocycles. The van der Waals surface area contributed by atoms with Crippen molar-refractivity contribution >= 4 is 45.8 Å². The molecule has 2 N–H and O–H groups in total. The molecule has 3 aliphatic rings. The fourth-order valence-corrected chi connectivity index (χ4v) is 6.25. The zero-order valence-corrected chi connectivity index (χ0v) is 20.3. The minimum Gasteiger partial charge on any atom is -0.340 e. The highest BCUT2D eigenvalue weighted by molar-refractivity contribution is 8.18. The molecule has 1 aromatic carbocycles. The van der Waals surface area contributed by atoms with Crippen molar-refractivity contribution in [2.75, 3.05) is 24.5 Å². The Bertz CT molecular complexity index is 1370. The Morgan fingerprint density at radius 3 is 2.72 bits per heavy atom. The first-order chi connectivity index (χ1) is 17.5.